The lowest BCUT2D eigenvalue weighted by molar-refractivity contribution is -0.128. The van der Waals surface area contributed by atoms with Crippen LogP contribution >= 0.6 is 0 Å². The molecule has 17 heavy (non-hydrogen) atoms. The monoisotopic (exact) mass is 253 g/mol. The van der Waals surface area contributed by atoms with Crippen molar-refractivity contribution >= 4 is 0 Å². The van der Waals surface area contributed by atoms with Crippen LogP contribution in [0, 0.1) is 0 Å². The fraction of sp³-hybridized carbons (Fsp3) is 0.778. The van der Waals surface area contributed by atoms with Crippen molar-refractivity contribution in [3.05, 3.63) is 11.7 Å². The Morgan fingerprint density at radius 2 is 2.18 bits per heavy atom. The lowest BCUT2D eigenvalue weighted by atomic mass is 10.2. The van der Waals surface area contributed by atoms with Gasteiger partial charge in [0, 0.05) is 19.6 Å². The molecule has 1 atom stereocenters. The van der Waals surface area contributed by atoms with Gasteiger partial charge >= 0.3 is 6.18 Å². The lowest BCUT2D eigenvalue weighted by Crippen LogP contribution is -2.32. The van der Waals surface area contributed by atoms with Gasteiger partial charge < -0.3 is 14.6 Å². The van der Waals surface area contributed by atoms with E-state index in [-0.39, 0.29) is 17.8 Å². The van der Waals surface area contributed by atoms with Crippen molar-refractivity contribution in [2.75, 3.05) is 20.8 Å². The molecule has 0 aliphatic heterocycles. The Morgan fingerprint density at radius 1 is 1.47 bits per heavy atom. The highest BCUT2D eigenvalue weighted by Gasteiger charge is 2.30. The minimum Gasteiger partial charge on any atom is -0.383 e. The highest BCUT2D eigenvalue weighted by molar-refractivity contribution is 4.91. The molecular formula is C9H14F3N3O2. The third-order valence-electron chi connectivity index (χ3n) is 2.07. The van der Waals surface area contributed by atoms with Gasteiger partial charge in [-0.1, -0.05) is 5.16 Å². The predicted octanol–water partition coefficient (Wildman–Crippen LogP) is 0.951. The molecule has 0 radical (unpaired) electrons. The summed E-state index contributed by atoms with van der Waals surface area (Å²) in [6.07, 6.45) is -5.17. The van der Waals surface area contributed by atoms with Crippen LogP contribution in [0.5, 0.6) is 0 Å². The van der Waals surface area contributed by atoms with E-state index in [9.17, 15) is 13.2 Å². The molecule has 0 saturated heterocycles. The molecule has 8 heteroatoms. The van der Waals surface area contributed by atoms with Gasteiger partial charge in [-0.05, 0) is 7.05 Å². The molecule has 0 saturated carbocycles. The molecule has 0 spiro atoms. The number of halogens is 3. The standard InChI is InChI=1S/C9H14F3N3O2/c1-13-6(5-16-2)3-8-14-7(15-17-8)4-9(10,11)12/h6,13H,3-5H2,1-2H3. The number of methoxy groups -OCH3 is 1. The van der Waals surface area contributed by atoms with Gasteiger partial charge in [0.15, 0.2) is 5.82 Å². The molecule has 0 amide bonds. The number of likely N-dealkylation sites (N-methyl/N-ethyl adjacent to an activating group) is 1. The first-order valence-electron chi connectivity index (χ1n) is 4.99. The number of nitrogens with zero attached hydrogens (tertiary/aromatic N) is 2. The average molecular weight is 253 g/mol. The largest absolute Gasteiger partial charge is 0.396 e. The highest BCUT2D eigenvalue weighted by Crippen LogP contribution is 2.19. The van der Waals surface area contributed by atoms with Crippen molar-refractivity contribution in [2.24, 2.45) is 0 Å². The number of alkyl halides is 3. The molecule has 0 bridgehead atoms. The van der Waals surface area contributed by atoms with E-state index in [1.165, 1.54) is 7.11 Å². The van der Waals surface area contributed by atoms with E-state index < -0.39 is 12.6 Å². The van der Waals surface area contributed by atoms with Crippen molar-refractivity contribution < 1.29 is 22.4 Å². The molecular weight excluding hydrogens is 239 g/mol. The van der Waals surface area contributed by atoms with Crippen LogP contribution in [0.3, 0.4) is 0 Å². The number of ether oxygens (including phenoxy) is 1. The number of aromatic nitrogens is 2. The van der Waals surface area contributed by atoms with E-state index in [2.05, 4.69) is 15.5 Å². The SMILES string of the molecule is CNC(COC)Cc1nc(CC(F)(F)F)no1. The Kier molecular flexibility index (Phi) is 4.88. The lowest BCUT2D eigenvalue weighted by Gasteiger charge is -2.11. The maximum atomic E-state index is 12.0. The van der Waals surface area contributed by atoms with Crippen LogP contribution in [-0.4, -0.2) is 43.1 Å². The summed E-state index contributed by atoms with van der Waals surface area (Å²) in [4.78, 5) is 3.67. The molecule has 0 aromatic carbocycles. The summed E-state index contributed by atoms with van der Waals surface area (Å²) >= 11 is 0. The Hall–Kier alpha value is -1.15. The zero-order valence-electron chi connectivity index (χ0n) is 9.54. The molecule has 1 rings (SSSR count). The first-order chi connectivity index (χ1) is 7.94. The maximum Gasteiger partial charge on any atom is 0.396 e. The van der Waals surface area contributed by atoms with Crippen molar-refractivity contribution in [1.29, 1.82) is 0 Å². The zero-order chi connectivity index (χ0) is 12.9. The molecule has 5 nitrogen and oxygen atoms in total. The first-order valence-corrected chi connectivity index (χ1v) is 4.99. The van der Waals surface area contributed by atoms with Crippen molar-refractivity contribution in [2.45, 2.75) is 25.1 Å². The topological polar surface area (TPSA) is 60.2 Å². The second-order valence-corrected chi connectivity index (χ2v) is 3.54. The molecule has 1 heterocycles. The number of nitrogens with one attached hydrogen (secondary N) is 1. The summed E-state index contributed by atoms with van der Waals surface area (Å²) in [5, 5.41) is 6.21. The second-order valence-electron chi connectivity index (χ2n) is 3.54. The van der Waals surface area contributed by atoms with Crippen LogP contribution < -0.4 is 5.32 Å². The van der Waals surface area contributed by atoms with Crippen molar-refractivity contribution in [3.8, 4) is 0 Å². The van der Waals surface area contributed by atoms with E-state index in [1.54, 1.807) is 7.05 Å². The third kappa shape index (κ3) is 5.14. The number of hydrogen-bond donors (Lipinski definition) is 1. The van der Waals surface area contributed by atoms with Crippen LogP contribution in [0.15, 0.2) is 4.52 Å². The second kappa shape index (κ2) is 5.97. The Balaban J connectivity index is 2.55. The van der Waals surface area contributed by atoms with Crippen LogP contribution in [0.25, 0.3) is 0 Å². The zero-order valence-corrected chi connectivity index (χ0v) is 9.54. The molecule has 0 fully saturated rings. The number of hydrogen-bond acceptors (Lipinski definition) is 5. The smallest absolute Gasteiger partial charge is 0.383 e. The normalized spacial score (nSPS) is 13.9. The number of rotatable bonds is 6. The Morgan fingerprint density at radius 3 is 2.71 bits per heavy atom. The van der Waals surface area contributed by atoms with Crippen LogP contribution in [0.1, 0.15) is 11.7 Å². The summed E-state index contributed by atoms with van der Waals surface area (Å²) in [7, 11) is 3.25. The van der Waals surface area contributed by atoms with E-state index in [0.717, 1.165) is 0 Å². The van der Waals surface area contributed by atoms with Gasteiger partial charge in [0.2, 0.25) is 5.89 Å². The van der Waals surface area contributed by atoms with Gasteiger partial charge in [0.25, 0.3) is 0 Å². The molecule has 1 aromatic heterocycles. The predicted molar refractivity (Wildman–Crippen MR) is 52.5 cm³/mol. The average Bonchev–Trinajstić information content (AvgIpc) is 2.62. The summed E-state index contributed by atoms with van der Waals surface area (Å²) in [6.45, 7) is 0.410. The summed E-state index contributed by atoms with van der Waals surface area (Å²) in [5.41, 5.74) is 0. The molecule has 0 aliphatic carbocycles. The summed E-state index contributed by atoms with van der Waals surface area (Å²) in [6, 6.07) is -0.0702. The quantitative estimate of drug-likeness (QED) is 0.818. The van der Waals surface area contributed by atoms with E-state index in [0.29, 0.717) is 13.0 Å². The first kappa shape index (κ1) is 13.9. The van der Waals surface area contributed by atoms with Crippen LogP contribution in [-0.2, 0) is 17.6 Å². The van der Waals surface area contributed by atoms with E-state index in [1.807, 2.05) is 0 Å². The Bertz CT molecular complexity index is 340. The van der Waals surface area contributed by atoms with Crippen molar-refractivity contribution in [3.63, 3.8) is 0 Å². The van der Waals surface area contributed by atoms with Crippen LogP contribution in [0.4, 0.5) is 13.2 Å². The van der Waals surface area contributed by atoms with Crippen molar-refractivity contribution in [1.82, 2.24) is 15.5 Å². The van der Waals surface area contributed by atoms with E-state index in [4.69, 9.17) is 9.26 Å². The van der Waals surface area contributed by atoms with Gasteiger partial charge in [-0.25, -0.2) is 0 Å². The van der Waals surface area contributed by atoms with Gasteiger partial charge in [-0.3, -0.25) is 0 Å². The molecule has 98 valence electrons. The van der Waals surface area contributed by atoms with E-state index >= 15 is 0 Å². The van der Waals surface area contributed by atoms with Gasteiger partial charge in [-0.2, -0.15) is 18.2 Å². The maximum absolute atomic E-state index is 12.0. The minimum absolute atomic E-state index is 0.0702. The summed E-state index contributed by atoms with van der Waals surface area (Å²) < 4.78 is 45.8. The highest BCUT2D eigenvalue weighted by atomic mass is 19.4. The van der Waals surface area contributed by atoms with Gasteiger partial charge in [0.1, 0.15) is 6.42 Å². The third-order valence-corrected chi connectivity index (χ3v) is 2.07. The summed E-state index contributed by atoms with van der Waals surface area (Å²) in [5.74, 6) is -0.180. The minimum atomic E-state index is -4.32. The molecule has 1 unspecified atom stereocenters. The molecule has 1 aromatic rings. The van der Waals surface area contributed by atoms with Gasteiger partial charge in [-0.15, -0.1) is 0 Å². The fourth-order valence-corrected chi connectivity index (χ4v) is 1.28. The van der Waals surface area contributed by atoms with Crippen LogP contribution in [0.2, 0.25) is 0 Å². The van der Waals surface area contributed by atoms with Gasteiger partial charge in [0.05, 0.1) is 6.61 Å². The molecule has 0 aliphatic rings. The fourth-order valence-electron chi connectivity index (χ4n) is 1.28. The Labute approximate surface area is 96.3 Å². The molecule has 1 N–H and O–H groups in total.